The van der Waals surface area contributed by atoms with Crippen LogP contribution in [0.1, 0.15) is 67.0 Å². The van der Waals surface area contributed by atoms with Crippen LogP contribution in [-0.2, 0) is 10.9 Å². The van der Waals surface area contributed by atoms with Crippen molar-refractivity contribution < 1.29 is 27.1 Å². The fraction of sp³-hybridized carbons (Fsp3) is 0.268. The molecule has 0 amide bonds. The summed E-state index contributed by atoms with van der Waals surface area (Å²) in [4.78, 5) is 0. The van der Waals surface area contributed by atoms with Gasteiger partial charge in [0, 0.05) is 0 Å². The van der Waals surface area contributed by atoms with E-state index in [1.54, 1.807) is 12.1 Å². The molecular formula is C41H48Cl12O6P6. The number of hydrogen-bond donors (Lipinski definition) is 0. The molecular weight excluding hydrogens is 1200 g/mol. The first-order chi connectivity index (χ1) is 30.6. The van der Waals surface area contributed by atoms with Crippen molar-refractivity contribution in [3.05, 3.63) is 149 Å². The lowest BCUT2D eigenvalue weighted by Crippen LogP contribution is -1.92. The highest BCUT2D eigenvalue weighted by Gasteiger charge is 2.12. The van der Waals surface area contributed by atoms with Gasteiger partial charge in [-0.2, -0.15) is 0 Å². The van der Waals surface area contributed by atoms with Crippen LogP contribution in [0.4, 0.5) is 0 Å². The molecule has 0 fully saturated rings. The van der Waals surface area contributed by atoms with Gasteiger partial charge in [-0.05, 0) is 246 Å². The summed E-state index contributed by atoms with van der Waals surface area (Å²) in [6.45, 7) is 8.76. The van der Waals surface area contributed by atoms with Crippen LogP contribution in [0, 0.1) is 27.7 Å². The zero-order chi connectivity index (χ0) is 49.5. The Labute approximate surface area is 450 Å². The second-order valence-corrected chi connectivity index (χ2v) is 30.4. The summed E-state index contributed by atoms with van der Waals surface area (Å²) in [7, 11) is 0. The molecule has 0 heterocycles. The van der Waals surface area contributed by atoms with Gasteiger partial charge in [-0.15, -0.1) is 0 Å². The molecule has 362 valence electrons. The average Bonchev–Trinajstić information content (AvgIpc) is 3.21. The predicted molar refractivity (Wildman–Crippen MR) is 301 cm³/mol. The Hall–Kier alpha value is 1.12. The molecule has 0 unspecified atom stereocenters. The molecule has 5 rings (SSSR count). The number of aryl methyl sites for hydroxylation is 5. The van der Waals surface area contributed by atoms with E-state index in [1.165, 1.54) is 5.56 Å². The van der Waals surface area contributed by atoms with Crippen LogP contribution >= 0.6 is 176 Å². The normalized spacial score (nSPS) is 10.4. The van der Waals surface area contributed by atoms with E-state index in [0.717, 1.165) is 57.2 Å². The average molecular weight is 1250 g/mol. The van der Waals surface area contributed by atoms with Gasteiger partial charge in [-0.25, -0.2) is 0 Å². The summed E-state index contributed by atoms with van der Waals surface area (Å²) < 4.78 is 30.6. The Kier molecular flexibility index (Phi) is 40.4. The molecule has 0 saturated carbocycles. The Bertz CT molecular complexity index is 2000. The first-order valence-corrected chi connectivity index (χ1v) is 37.1. The zero-order valence-electron chi connectivity index (χ0n) is 36.1. The van der Waals surface area contributed by atoms with E-state index in [1.807, 2.05) is 126 Å². The first-order valence-electron chi connectivity index (χ1n) is 18.7. The minimum absolute atomic E-state index is 0.411. The summed E-state index contributed by atoms with van der Waals surface area (Å²) in [6, 6.07) is 36.6. The molecule has 0 bridgehead atoms. The fourth-order valence-electron chi connectivity index (χ4n) is 4.60. The van der Waals surface area contributed by atoms with Gasteiger partial charge in [0.25, 0.3) is 34.3 Å². The third-order valence-electron chi connectivity index (χ3n) is 7.38. The van der Waals surface area contributed by atoms with Gasteiger partial charge in [-0.3, -0.25) is 0 Å². The lowest BCUT2D eigenvalue weighted by molar-refractivity contribution is 0.393. The van der Waals surface area contributed by atoms with Crippen molar-refractivity contribution in [3.8, 4) is 28.7 Å². The van der Waals surface area contributed by atoms with Crippen molar-refractivity contribution in [1.82, 2.24) is 0 Å². The Balaban J connectivity index is 0.000000766. The molecule has 0 aliphatic carbocycles. The quantitative estimate of drug-likeness (QED) is 0.103. The summed E-state index contributed by atoms with van der Waals surface area (Å²) in [6.07, 6.45) is 0.924. The standard InChI is InChI=1S/C10H13Cl2OP.2C8H9Cl2OP.C7H7Cl2OP.C6H5Cl2OP.C2H5Cl2OP/c1-7(2)9-5-4-8(3)6-10(9)13-14(11)12;1-6-3-4-8(7(2)5-6)11-12(9)10;1-2-7-5-3-4-6-8(7)11-12(9)10;1-6-4-2-3-5-7(6)10-11(8)9;7-10(8)9-6-4-2-1-3-5-6;1-2-5-6(3)4/h4-7H,1-3H3;3-5H,1-2H3;3-6H,2H2,1H3;2-5H,1H3;1-5H;2H2,1H3. The van der Waals surface area contributed by atoms with E-state index in [4.69, 9.17) is 158 Å². The highest BCUT2D eigenvalue weighted by molar-refractivity contribution is 8.02. The molecule has 24 heteroatoms. The minimum atomic E-state index is -1.39. The summed E-state index contributed by atoms with van der Waals surface area (Å²) in [5, 5.41) is 0. The molecule has 6 nitrogen and oxygen atoms in total. The Morgan fingerprint density at radius 3 is 1.29 bits per heavy atom. The molecule has 5 aromatic carbocycles. The van der Waals surface area contributed by atoms with Crippen molar-refractivity contribution in [1.29, 1.82) is 0 Å². The second-order valence-electron chi connectivity index (χ2n) is 12.6. The molecule has 0 radical (unpaired) electrons. The SMILES string of the molecule is CCOP(Cl)Cl.CCc1ccccc1OP(Cl)Cl.Cc1ccc(C(C)C)c(OP(Cl)Cl)c1.Cc1ccc(OP(Cl)Cl)c(C)c1.Cc1ccccc1OP(Cl)Cl.ClP(Cl)Oc1ccccc1. The maximum atomic E-state index is 5.65. The smallest absolute Gasteiger partial charge is 0.284 e. The monoisotopic (exact) mass is 1240 g/mol. The van der Waals surface area contributed by atoms with Crippen LogP contribution in [0.15, 0.2) is 115 Å². The van der Waals surface area contributed by atoms with Gasteiger partial charge in [0.1, 0.15) is 28.7 Å². The van der Waals surface area contributed by atoms with E-state index in [0.29, 0.717) is 18.3 Å². The van der Waals surface area contributed by atoms with Gasteiger partial charge >= 0.3 is 0 Å². The molecule has 0 aliphatic heterocycles. The molecule has 65 heavy (non-hydrogen) atoms. The van der Waals surface area contributed by atoms with E-state index in [2.05, 4.69) is 37.4 Å². The van der Waals surface area contributed by atoms with Crippen LogP contribution in [0.25, 0.3) is 0 Å². The van der Waals surface area contributed by atoms with Crippen LogP contribution in [0.5, 0.6) is 28.7 Å². The number of rotatable bonds is 14. The van der Waals surface area contributed by atoms with Gasteiger partial charge < -0.3 is 27.1 Å². The van der Waals surface area contributed by atoms with Crippen molar-refractivity contribution in [3.63, 3.8) is 0 Å². The zero-order valence-corrected chi connectivity index (χ0v) is 50.6. The van der Waals surface area contributed by atoms with E-state index in [9.17, 15) is 0 Å². The van der Waals surface area contributed by atoms with E-state index < -0.39 is 41.1 Å². The topological polar surface area (TPSA) is 55.4 Å². The highest BCUT2D eigenvalue weighted by atomic mass is 35.9. The summed E-state index contributed by atoms with van der Waals surface area (Å²) in [5.74, 6) is 4.22. The lowest BCUT2D eigenvalue weighted by Gasteiger charge is -2.14. The van der Waals surface area contributed by atoms with Crippen molar-refractivity contribution in [2.75, 3.05) is 6.61 Å². The third kappa shape index (κ3) is 35.0. The van der Waals surface area contributed by atoms with Gasteiger partial charge in [0.2, 0.25) is 6.85 Å². The van der Waals surface area contributed by atoms with Crippen molar-refractivity contribution in [2.45, 2.75) is 67.7 Å². The minimum Gasteiger partial charge on any atom is -0.445 e. The molecule has 0 aromatic heterocycles. The molecule has 0 N–H and O–H groups in total. The maximum absolute atomic E-state index is 5.65. The summed E-state index contributed by atoms with van der Waals surface area (Å²) in [5.41, 5.74) is 6.73. The molecule has 0 atom stereocenters. The van der Waals surface area contributed by atoms with Gasteiger partial charge in [-0.1, -0.05) is 105 Å². The summed E-state index contributed by atoms with van der Waals surface area (Å²) >= 11 is 65.7. The van der Waals surface area contributed by atoms with Crippen LogP contribution in [0.3, 0.4) is 0 Å². The van der Waals surface area contributed by atoms with Gasteiger partial charge in [0.15, 0.2) is 0 Å². The maximum Gasteiger partial charge on any atom is 0.284 e. The lowest BCUT2D eigenvalue weighted by atomic mass is 10.0. The van der Waals surface area contributed by atoms with Crippen LogP contribution < -0.4 is 22.6 Å². The third-order valence-corrected chi connectivity index (χ3v) is 12.2. The Morgan fingerprint density at radius 1 is 0.415 bits per heavy atom. The Morgan fingerprint density at radius 2 is 0.846 bits per heavy atom. The number of benzene rings is 5. The fourth-order valence-corrected chi connectivity index (χ4v) is 9.26. The molecule has 5 aromatic rings. The largest absolute Gasteiger partial charge is 0.445 e. The van der Waals surface area contributed by atoms with E-state index >= 15 is 0 Å². The van der Waals surface area contributed by atoms with Crippen LogP contribution in [0.2, 0.25) is 0 Å². The van der Waals surface area contributed by atoms with Crippen molar-refractivity contribution >= 4 is 176 Å². The number of para-hydroxylation sites is 3. The highest BCUT2D eigenvalue weighted by Crippen LogP contribution is 2.51. The molecule has 0 saturated heterocycles. The molecule has 0 spiro atoms. The molecule has 0 aliphatic rings. The number of hydrogen-bond acceptors (Lipinski definition) is 6. The first kappa shape index (κ1) is 66.1. The van der Waals surface area contributed by atoms with Crippen LogP contribution in [-0.4, -0.2) is 6.61 Å². The van der Waals surface area contributed by atoms with Crippen molar-refractivity contribution in [2.24, 2.45) is 0 Å². The van der Waals surface area contributed by atoms with E-state index in [-0.39, 0.29) is 0 Å². The number of halogens is 12. The van der Waals surface area contributed by atoms with Gasteiger partial charge in [0.05, 0.1) is 6.61 Å². The second kappa shape index (κ2) is 39.7. The predicted octanol–water partition coefficient (Wildman–Crippen LogP) is 24.5.